The van der Waals surface area contributed by atoms with Gasteiger partial charge in [0, 0.05) is 21.8 Å². The summed E-state index contributed by atoms with van der Waals surface area (Å²) in [5.74, 6) is 0.963. The van der Waals surface area contributed by atoms with Crippen LogP contribution in [0.5, 0.6) is 17.2 Å². The molecule has 4 rings (SSSR count). The van der Waals surface area contributed by atoms with Gasteiger partial charge in [-0.1, -0.05) is 15.9 Å². The zero-order chi connectivity index (χ0) is 20.5. The van der Waals surface area contributed by atoms with Crippen molar-refractivity contribution in [2.24, 2.45) is 4.99 Å². The minimum atomic E-state index is 0.0159. The Labute approximate surface area is 182 Å². The molecule has 8 heteroatoms. The predicted molar refractivity (Wildman–Crippen MR) is 118 cm³/mol. The third-order valence-electron chi connectivity index (χ3n) is 4.21. The molecule has 6 nitrogen and oxygen atoms in total. The van der Waals surface area contributed by atoms with Crippen molar-refractivity contribution in [3.05, 3.63) is 63.0 Å². The molecule has 0 spiro atoms. The Morgan fingerprint density at radius 2 is 1.90 bits per heavy atom. The van der Waals surface area contributed by atoms with E-state index >= 15 is 0 Å². The second-order valence-electron chi connectivity index (χ2n) is 6.14. The number of halogens is 2. The highest BCUT2D eigenvalue weighted by molar-refractivity contribution is 9.10. The number of phenolic OH excluding ortho intramolecular Hbond substituents is 2. The van der Waals surface area contributed by atoms with Crippen LogP contribution in [0, 0.1) is 0 Å². The second-order valence-corrected chi connectivity index (χ2v) is 7.91. The third-order valence-corrected chi connectivity index (χ3v) is 5.30. The number of benzene rings is 3. The Bertz CT molecular complexity index is 1250. The number of hydrogen-bond acceptors (Lipinski definition) is 6. The van der Waals surface area contributed by atoms with Crippen LogP contribution in [0.25, 0.3) is 22.6 Å². The maximum atomic E-state index is 10.2. The van der Waals surface area contributed by atoms with Crippen molar-refractivity contribution in [2.75, 3.05) is 7.11 Å². The van der Waals surface area contributed by atoms with Crippen LogP contribution in [0.2, 0.25) is 0 Å². The molecule has 0 saturated carbocycles. The monoisotopic (exact) mass is 516 g/mol. The van der Waals surface area contributed by atoms with Crippen molar-refractivity contribution >= 4 is 54.9 Å². The Morgan fingerprint density at radius 3 is 2.66 bits per heavy atom. The molecule has 0 aliphatic rings. The van der Waals surface area contributed by atoms with Crippen LogP contribution in [0.15, 0.2) is 66.9 Å². The predicted octanol–water partition coefficient (Wildman–Crippen LogP) is 6.19. The number of phenols is 2. The van der Waals surface area contributed by atoms with E-state index < -0.39 is 0 Å². The molecule has 1 heterocycles. The van der Waals surface area contributed by atoms with Gasteiger partial charge in [0.1, 0.15) is 11.3 Å². The molecule has 0 amide bonds. The van der Waals surface area contributed by atoms with Crippen LogP contribution < -0.4 is 4.74 Å². The summed E-state index contributed by atoms with van der Waals surface area (Å²) in [7, 11) is 1.49. The van der Waals surface area contributed by atoms with Gasteiger partial charge in [0.25, 0.3) is 0 Å². The van der Waals surface area contributed by atoms with Gasteiger partial charge < -0.3 is 19.4 Å². The molecule has 0 fully saturated rings. The number of ether oxygens (including phenoxy) is 1. The van der Waals surface area contributed by atoms with Crippen molar-refractivity contribution < 1.29 is 19.4 Å². The quantitative estimate of drug-likeness (QED) is 0.315. The molecule has 0 aliphatic carbocycles. The van der Waals surface area contributed by atoms with E-state index in [4.69, 9.17) is 9.15 Å². The maximum Gasteiger partial charge on any atom is 0.227 e. The van der Waals surface area contributed by atoms with E-state index in [0.29, 0.717) is 38.5 Å². The molecule has 0 unspecified atom stereocenters. The number of fused-ring (bicyclic) bond motifs is 1. The fourth-order valence-electron chi connectivity index (χ4n) is 2.75. The van der Waals surface area contributed by atoms with Gasteiger partial charge in [0.05, 0.1) is 17.3 Å². The molecule has 29 heavy (non-hydrogen) atoms. The van der Waals surface area contributed by atoms with E-state index in [1.54, 1.807) is 54.7 Å². The summed E-state index contributed by atoms with van der Waals surface area (Å²) in [6.07, 6.45) is 1.56. The molecule has 4 aromatic rings. The zero-order valence-corrected chi connectivity index (χ0v) is 18.2. The second kappa shape index (κ2) is 7.88. The van der Waals surface area contributed by atoms with Gasteiger partial charge in [-0.05, 0) is 64.5 Å². The average Bonchev–Trinajstić information content (AvgIpc) is 3.13. The van der Waals surface area contributed by atoms with E-state index in [2.05, 4.69) is 41.8 Å². The summed E-state index contributed by atoms with van der Waals surface area (Å²) in [6.45, 7) is 0. The number of oxazole rings is 1. The summed E-state index contributed by atoms with van der Waals surface area (Å²) in [5.41, 5.74) is 3.18. The molecule has 3 aromatic carbocycles. The first-order chi connectivity index (χ1) is 13.9. The van der Waals surface area contributed by atoms with E-state index in [1.807, 2.05) is 0 Å². The Balaban J connectivity index is 1.67. The van der Waals surface area contributed by atoms with Crippen LogP contribution >= 0.6 is 31.9 Å². The highest BCUT2D eigenvalue weighted by Crippen LogP contribution is 2.34. The number of nitrogens with zero attached hydrogens (tertiary/aromatic N) is 2. The summed E-state index contributed by atoms with van der Waals surface area (Å²) >= 11 is 6.68. The van der Waals surface area contributed by atoms with Gasteiger partial charge in [-0.25, -0.2) is 4.98 Å². The average molecular weight is 518 g/mol. The Hall–Kier alpha value is -2.84. The lowest BCUT2D eigenvalue weighted by Gasteiger charge is -2.06. The minimum Gasteiger partial charge on any atom is -0.507 e. The van der Waals surface area contributed by atoms with Gasteiger partial charge in [-0.15, -0.1) is 0 Å². The largest absolute Gasteiger partial charge is 0.507 e. The van der Waals surface area contributed by atoms with Gasteiger partial charge in [0.2, 0.25) is 5.89 Å². The first kappa shape index (κ1) is 19.5. The summed E-state index contributed by atoms with van der Waals surface area (Å²) in [5, 5.41) is 19.9. The smallest absolute Gasteiger partial charge is 0.227 e. The van der Waals surface area contributed by atoms with Crippen molar-refractivity contribution in [1.82, 2.24) is 4.98 Å². The van der Waals surface area contributed by atoms with E-state index in [0.717, 1.165) is 10.0 Å². The number of aliphatic imine (C=N–C) groups is 1. The van der Waals surface area contributed by atoms with Crippen LogP contribution in [0.3, 0.4) is 0 Å². The van der Waals surface area contributed by atoms with Crippen molar-refractivity contribution in [3.8, 4) is 28.7 Å². The first-order valence-electron chi connectivity index (χ1n) is 8.44. The van der Waals surface area contributed by atoms with Crippen LogP contribution in [0.1, 0.15) is 5.56 Å². The SMILES string of the molecule is COc1cc(Br)cc(C=Nc2ccc3oc(-c4ccc(O)c(Br)c4)nc3c2)c1O. The number of aromatic hydroxyl groups is 2. The van der Waals surface area contributed by atoms with Gasteiger partial charge in [0.15, 0.2) is 17.1 Å². The third kappa shape index (κ3) is 3.99. The molecule has 0 bridgehead atoms. The summed E-state index contributed by atoms with van der Waals surface area (Å²) in [6, 6.07) is 13.8. The molecule has 1 aromatic heterocycles. The van der Waals surface area contributed by atoms with Crippen LogP contribution in [-0.2, 0) is 0 Å². The highest BCUT2D eigenvalue weighted by Gasteiger charge is 2.11. The lowest BCUT2D eigenvalue weighted by Crippen LogP contribution is -1.89. The van der Waals surface area contributed by atoms with Gasteiger partial charge in [-0.2, -0.15) is 0 Å². The molecule has 0 radical (unpaired) electrons. The fourth-order valence-corrected chi connectivity index (χ4v) is 3.59. The normalized spacial score (nSPS) is 11.4. The van der Waals surface area contributed by atoms with Gasteiger partial charge >= 0.3 is 0 Å². The number of methoxy groups -OCH3 is 1. The summed E-state index contributed by atoms with van der Waals surface area (Å²) in [4.78, 5) is 8.94. The molecule has 2 N–H and O–H groups in total. The lowest BCUT2D eigenvalue weighted by molar-refractivity contribution is 0.373. The van der Waals surface area contributed by atoms with Gasteiger partial charge in [-0.3, -0.25) is 4.99 Å². The first-order valence-corrected chi connectivity index (χ1v) is 10.0. The zero-order valence-electron chi connectivity index (χ0n) is 15.1. The van der Waals surface area contributed by atoms with Crippen molar-refractivity contribution in [3.63, 3.8) is 0 Å². The summed E-state index contributed by atoms with van der Waals surface area (Å²) < 4.78 is 12.3. The maximum absolute atomic E-state index is 10.2. The highest BCUT2D eigenvalue weighted by atomic mass is 79.9. The Morgan fingerprint density at radius 1 is 1.07 bits per heavy atom. The molecule has 0 atom stereocenters. The molecule has 146 valence electrons. The standard InChI is InChI=1S/C21H14Br2N2O4/c1-28-19-8-13(22)6-12(20(19)27)10-24-14-3-5-18-16(9-14)25-21(29-18)11-2-4-17(26)15(23)7-11/h2-10,26-27H,1H3. The Kier molecular flexibility index (Phi) is 5.29. The van der Waals surface area contributed by atoms with Crippen molar-refractivity contribution in [1.29, 1.82) is 0 Å². The number of hydrogen-bond donors (Lipinski definition) is 2. The van der Waals surface area contributed by atoms with E-state index in [1.165, 1.54) is 7.11 Å². The van der Waals surface area contributed by atoms with Crippen molar-refractivity contribution in [2.45, 2.75) is 0 Å². The fraction of sp³-hybridized carbons (Fsp3) is 0.0476. The number of rotatable bonds is 4. The molecule has 0 saturated heterocycles. The van der Waals surface area contributed by atoms with E-state index in [-0.39, 0.29) is 11.5 Å². The topological polar surface area (TPSA) is 88.1 Å². The van der Waals surface area contributed by atoms with Crippen LogP contribution in [0.4, 0.5) is 5.69 Å². The molecule has 0 aliphatic heterocycles. The molecular weight excluding hydrogens is 504 g/mol. The minimum absolute atomic E-state index is 0.0159. The van der Waals surface area contributed by atoms with E-state index in [9.17, 15) is 10.2 Å². The lowest BCUT2D eigenvalue weighted by atomic mass is 10.2. The van der Waals surface area contributed by atoms with Crippen LogP contribution in [-0.4, -0.2) is 28.5 Å². The number of aromatic nitrogens is 1. The molecular formula is C21H14Br2N2O4.